The van der Waals surface area contributed by atoms with Gasteiger partial charge in [-0.2, -0.15) is 0 Å². The molecule has 0 saturated carbocycles. The van der Waals surface area contributed by atoms with Crippen LogP contribution in [0.15, 0.2) is 48.5 Å². The Bertz CT molecular complexity index is 509. The Balaban J connectivity index is 2.44. The maximum atomic E-state index is 10.8. The number of methoxy groups -OCH3 is 1. The summed E-state index contributed by atoms with van der Waals surface area (Å²) in [5.41, 5.74) is 1.94. The van der Waals surface area contributed by atoms with Gasteiger partial charge in [-0.25, -0.2) is 0 Å². The maximum Gasteiger partial charge on any atom is 0.119 e. The van der Waals surface area contributed by atoms with Crippen LogP contribution in [0.4, 0.5) is 0 Å². The van der Waals surface area contributed by atoms with E-state index in [1.54, 1.807) is 7.11 Å². The lowest BCUT2D eigenvalue weighted by atomic mass is 9.87. The van der Waals surface area contributed by atoms with Crippen LogP contribution in [0, 0.1) is 0 Å². The van der Waals surface area contributed by atoms with Gasteiger partial charge in [0.25, 0.3) is 0 Å². The molecule has 1 atom stereocenters. The van der Waals surface area contributed by atoms with E-state index in [1.165, 1.54) is 5.56 Å². The van der Waals surface area contributed by atoms with Crippen LogP contribution in [-0.2, 0) is 12.0 Å². The predicted octanol–water partition coefficient (Wildman–Crippen LogP) is 3.51. The molecule has 0 bridgehead atoms. The smallest absolute Gasteiger partial charge is 0.119 e. The van der Waals surface area contributed by atoms with Gasteiger partial charge < -0.3 is 9.84 Å². The molecule has 100 valence electrons. The molecule has 1 unspecified atom stereocenters. The molecule has 0 amide bonds. The molecule has 0 spiro atoms. The molecule has 0 fully saturated rings. The van der Waals surface area contributed by atoms with Gasteiger partial charge in [-0.1, -0.05) is 43.3 Å². The molecule has 2 heteroatoms. The first-order valence-electron chi connectivity index (χ1n) is 6.54. The van der Waals surface area contributed by atoms with Crippen molar-refractivity contribution < 1.29 is 9.84 Å². The zero-order chi connectivity index (χ0) is 13.9. The molecule has 2 aromatic rings. The van der Waals surface area contributed by atoms with E-state index in [9.17, 15) is 5.11 Å². The van der Waals surface area contributed by atoms with Crippen molar-refractivity contribution in [1.29, 1.82) is 0 Å². The zero-order valence-electron chi connectivity index (χ0n) is 11.7. The first kappa shape index (κ1) is 13.6. The van der Waals surface area contributed by atoms with Crippen molar-refractivity contribution in [2.45, 2.75) is 25.9 Å². The van der Waals surface area contributed by atoms with Crippen molar-refractivity contribution in [3.63, 3.8) is 0 Å². The van der Waals surface area contributed by atoms with Gasteiger partial charge in [0, 0.05) is 0 Å². The number of ether oxygens (including phenoxy) is 1. The van der Waals surface area contributed by atoms with Crippen LogP contribution in [0.3, 0.4) is 0 Å². The molecule has 2 aromatic carbocycles. The van der Waals surface area contributed by atoms with E-state index in [-0.39, 0.29) is 0 Å². The Morgan fingerprint density at radius 3 is 2.32 bits per heavy atom. The van der Waals surface area contributed by atoms with E-state index in [0.29, 0.717) is 0 Å². The van der Waals surface area contributed by atoms with Gasteiger partial charge in [0.15, 0.2) is 0 Å². The van der Waals surface area contributed by atoms with Gasteiger partial charge in [0.2, 0.25) is 0 Å². The molecular formula is C17H20O2. The molecule has 0 radical (unpaired) electrons. The molecule has 0 aliphatic rings. The fourth-order valence-electron chi connectivity index (χ4n) is 2.19. The molecule has 0 heterocycles. The molecule has 0 aliphatic carbocycles. The number of aliphatic hydroxyl groups is 1. The maximum absolute atomic E-state index is 10.8. The Labute approximate surface area is 114 Å². The standard InChI is InChI=1S/C17H20O2/c1-4-13-7-5-8-14(11-13)17(2,18)15-9-6-10-16(12-15)19-3/h5-12,18H,4H2,1-3H3. The second-order valence-corrected chi connectivity index (χ2v) is 4.86. The number of hydrogen-bond donors (Lipinski definition) is 1. The Kier molecular flexibility index (Phi) is 3.91. The van der Waals surface area contributed by atoms with Crippen molar-refractivity contribution in [1.82, 2.24) is 0 Å². The van der Waals surface area contributed by atoms with Crippen LogP contribution in [0.1, 0.15) is 30.5 Å². The minimum atomic E-state index is -1.01. The van der Waals surface area contributed by atoms with E-state index in [1.807, 2.05) is 43.3 Å². The van der Waals surface area contributed by atoms with E-state index in [2.05, 4.69) is 19.1 Å². The molecule has 0 aromatic heterocycles. The van der Waals surface area contributed by atoms with Gasteiger partial charge in [-0.3, -0.25) is 0 Å². The summed E-state index contributed by atoms with van der Waals surface area (Å²) >= 11 is 0. The minimum Gasteiger partial charge on any atom is -0.497 e. The normalized spacial score (nSPS) is 13.9. The number of benzene rings is 2. The minimum absolute atomic E-state index is 0.754. The average molecular weight is 256 g/mol. The molecule has 0 aliphatic heterocycles. The lowest BCUT2D eigenvalue weighted by Crippen LogP contribution is -2.22. The largest absolute Gasteiger partial charge is 0.497 e. The summed E-state index contributed by atoms with van der Waals surface area (Å²) in [5.74, 6) is 0.754. The van der Waals surface area contributed by atoms with Crippen molar-refractivity contribution >= 4 is 0 Å². The third kappa shape index (κ3) is 2.79. The van der Waals surface area contributed by atoms with Gasteiger partial charge in [-0.05, 0) is 42.2 Å². The number of rotatable bonds is 4. The highest BCUT2D eigenvalue weighted by molar-refractivity contribution is 5.40. The summed E-state index contributed by atoms with van der Waals surface area (Å²) in [6.07, 6.45) is 0.960. The summed E-state index contributed by atoms with van der Waals surface area (Å²) < 4.78 is 5.22. The highest BCUT2D eigenvalue weighted by Gasteiger charge is 2.26. The Morgan fingerprint density at radius 2 is 1.68 bits per heavy atom. The second-order valence-electron chi connectivity index (χ2n) is 4.86. The van der Waals surface area contributed by atoms with E-state index >= 15 is 0 Å². The molecule has 1 N–H and O–H groups in total. The summed E-state index contributed by atoms with van der Waals surface area (Å²) in [4.78, 5) is 0. The quantitative estimate of drug-likeness (QED) is 0.907. The molecule has 19 heavy (non-hydrogen) atoms. The van der Waals surface area contributed by atoms with Crippen LogP contribution in [0.2, 0.25) is 0 Å². The number of aryl methyl sites for hydroxylation is 1. The third-order valence-electron chi connectivity index (χ3n) is 3.53. The second kappa shape index (κ2) is 5.45. The molecule has 2 rings (SSSR count). The van der Waals surface area contributed by atoms with Crippen molar-refractivity contribution in [3.8, 4) is 5.75 Å². The highest BCUT2D eigenvalue weighted by atomic mass is 16.5. The van der Waals surface area contributed by atoms with E-state index in [4.69, 9.17) is 4.74 Å². The SMILES string of the molecule is CCc1cccc(C(C)(O)c2cccc(OC)c2)c1. The summed E-state index contributed by atoms with van der Waals surface area (Å²) in [6.45, 7) is 3.93. The zero-order valence-corrected chi connectivity index (χ0v) is 11.7. The average Bonchev–Trinajstić information content (AvgIpc) is 2.47. The predicted molar refractivity (Wildman–Crippen MR) is 77.5 cm³/mol. The van der Waals surface area contributed by atoms with Crippen LogP contribution in [-0.4, -0.2) is 12.2 Å². The Morgan fingerprint density at radius 1 is 1.05 bits per heavy atom. The van der Waals surface area contributed by atoms with Crippen LogP contribution < -0.4 is 4.74 Å². The van der Waals surface area contributed by atoms with Gasteiger partial charge in [0.05, 0.1) is 7.11 Å². The fourth-order valence-corrected chi connectivity index (χ4v) is 2.19. The molecule has 0 saturated heterocycles. The van der Waals surface area contributed by atoms with Crippen molar-refractivity contribution in [3.05, 3.63) is 65.2 Å². The van der Waals surface area contributed by atoms with Crippen LogP contribution in [0.25, 0.3) is 0 Å². The molecule has 2 nitrogen and oxygen atoms in total. The lowest BCUT2D eigenvalue weighted by Gasteiger charge is -2.25. The summed E-state index contributed by atoms with van der Waals surface area (Å²) in [5, 5.41) is 10.8. The third-order valence-corrected chi connectivity index (χ3v) is 3.53. The fraction of sp³-hybridized carbons (Fsp3) is 0.294. The van der Waals surface area contributed by atoms with Gasteiger partial charge in [0.1, 0.15) is 11.4 Å². The van der Waals surface area contributed by atoms with Crippen LogP contribution >= 0.6 is 0 Å². The number of hydrogen-bond acceptors (Lipinski definition) is 2. The van der Waals surface area contributed by atoms with E-state index < -0.39 is 5.60 Å². The monoisotopic (exact) mass is 256 g/mol. The molecular weight excluding hydrogens is 236 g/mol. The topological polar surface area (TPSA) is 29.5 Å². The van der Waals surface area contributed by atoms with Crippen LogP contribution in [0.5, 0.6) is 5.75 Å². The van der Waals surface area contributed by atoms with Crippen molar-refractivity contribution in [2.75, 3.05) is 7.11 Å². The van der Waals surface area contributed by atoms with Crippen molar-refractivity contribution in [2.24, 2.45) is 0 Å². The highest BCUT2D eigenvalue weighted by Crippen LogP contribution is 2.31. The van der Waals surface area contributed by atoms with Gasteiger partial charge in [-0.15, -0.1) is 0 Å². The summed E-state index contributed by atoms with van der Waals surface area (Å²) in [7, 11) is 1.63. The Hall–Kier alpha value is -1.80. The van der Waals surface area contributed by atoms with Gasteiger partial charge >= 0.3 is 0 Å². The first-order chi connectivity index (χ1) is 9.07. The first-order valence-corrected chi connectivity index (χ1v) is 6.54. The summed E-state index contributed by atoms with van der Waals surface area (Å²) in [6, 6.07) is 15.6. The lowest BCUT2D eigenvalue weighted by molar-refractivity contribution is 0.102. The van der Waals surface area contributed by atoms with E-state index in [0.717, 1.165) is 23.3 Å².